The van der Waals surface area contributed by atoms with E-state index in [1.54, 1.807) is 0 Å². The highest BCUT2D eigenvalue weighted by molar-refractivity contribution is 5.85. The van der Waals surface area contributed by atoms with Crippen LogP contribution < -0.4 is 10.2 Å². The van der Waals surface area contributed by atoms with Crippen molar-refractivity contribution in [3.8, 4) is 0 Å². The second kappa shape index (κ2) is 8.93. The molecule has 0 bridgehead atoms. The number of nitrogens with one attached hydrogen (secondary N) is 2. The molecule has 2 aromatic heterocycles. The number of H-pyrrole nitrogens is 1. The lowest BCUT2D eigenvalue weighted by molar-refractivity contribution is -0.136. The summed E-state index contributed by atoms with van der Waals surface area (Å²) in [4.78, 5) is 27.2. The number of carbonyl (C=O) groups excluding carboxylic acids is 1. The fourth-order valence-electron chi connectivity index (χ4n) is 5.88. The molecule has 0 aromatic carbocycles. The molecule has 2 aliphatic carbocycles. The number of carbonyl (C=O) groups is 1. The first kappa shape index (κ1) is 20.9. The molecular formula is C24H33N7O2. The van der Waals surface area contributed by atoms with Crippen LogP contribution in [0.25, 0.3) is 0 Å². The summed E-state index contributed by atoms with van der Waals surface area (Å²) in [6, 6.07) is 1.95. The number of ether oxygens (including phenoxy) is 1. The zero-order valence-electron chi connectivity index (χ0n) is 19.2. The van der Waals surface area contributed by atoms with Gasteiger partial charge in [0.1, 0.15) is 11.9 Å². The summed E-state index contributed by atoms with van der Waals surface area (Å²) in [5, 5.41) is 11.3. The summed E-state index contributed by atoms with van der Waals surface area (Å²) in [7, 11) is 0. The van der Waals surface area contributed by atoms with Crippen molar-refractivity contribution in [2.75, 3.05) is 43.1 Å². The standard InChI is InChI=1S/C24H33N7O2/c32-23(30-11-13-33-14-12-30)20-9-4-10-31(20)24-25-18-8-3-7-17(18)22(27-24)26-21-15-19(28-29-21)16-5-1-2-6-16/h15-16,20H,1-14H2,(H2,25,26,27,28,29)/t20-/m0/s1. The zero-order chi connectivity index (χ0) is 22.2. The Hall–Kier alpha value is -2.68. The third-order valence-corrected chi connectivity index (χ3v) is 7.68. The first-order valence-electron chi connectivity index (χ1n) is 12.6. The van der Waals surface area contributed by atoms with Crippen molar-refractivity contribution < 1.29 is 9.53 Å². The molecule has 2 saturated heterocycles. The molecule has 1 saturated carbocycles. The van der Waals surface area contributed by atoms with Crippen LogP contribution >= 0.6 is 0 Å². The lowest BCUT2D eigenvalue weighted by Gasteiger charge is -2.32. The lowest BCUT2D eigenvalue weighted by Crippen LogP contribution is -2.50. The van der Waals surface area contributed by atoms with Gasteiger partial charge < -0.3 is 19.9 Å². The predicted molar refractivity (Wildman–Crippen MR) is 125 cm³/mol. The number of rotatable bonds is 5. The summed E-state index contributed by atoms with van der Waals surface area (Å²) >= 11 is 0. The second-order valence-corrected chi connectivity index (χ2v) is 9.76. The number of nitrogens with zero attached hydrogens (tertiary/aromatic N) is 5. The Labute approximate surface area is 194 Å². The maximum absolute atomic E-state index is 13.3. The molecule has 176 valence electrons. The largest absolute Gasteiger partial charge is 0.378 e. The molecule has 9 nitrogen and oxygen atoms in total. The SMILES string of the molecule is O=C([C@@H]1CCCN1c1nc2c(c(Nc3cc(C4CCCC4)[nH]n3)n1)CCC2)N1CCOCC1. The number of anilines is 3. The highest BCUT2D eigenvalue weighted by Crippen LogP contribution is 2.36. The average molecular weight is 452 g/mol. The number of hydrogen-bond donors (Lipinski definition) is 2. The van der Waals surface area contributed by atoms with Gasteiger partial charge in [-0.2, -0.15) is 10.1 Å². The topological polar surface area (TPSA) is 99.3 Å². The lowest BCUT2D eigenvalue weighted by atomic mass is 10.0. The van der Waals surface area contributed by atoms with Gasteiger partial charge in [-0.05, 0) is 44.9 Å². The minimum absolute atomic E-state index is 0.183. The highest BCUT2D eigenvalue weighted by atomic mass is 16.5. The van der Waals surface area contributed by atoms with E-state index in [0.717, 1.165) is 56.0 Å². The van der Waals surface area contributed by atoms with Crippen molar-refractivity contribution in [3.63, 3.8) is 0 Å². The Morgan fingerprint density at radius 1 is 1.03 bits per heavy atom. The maximum atomic E-state index is 13.3. The Bertz CT molecular complexity index is 1010. The summed E-state index contributed by atoms with van der Waals surface area (Å²) in [6.45, 7) is 3.39. The molecule has 6 rings (SSSR count). The molecule has 2 aromatic rings. The third kappa shape index (κ3) is 4.07. The van der Waals surface area contributed by atoms with Gasteiger partial charge in [-0.3, -0.25) is 9.89 Å². The fraction of sp³-hybridized carbons (Fsp3) is 0.667. The molecule has 2 aliphatic heterocycles. The van der Waals surface area contributed by atoms with Crippen LogP contribution in [0.15, 0.2) is 6.07 Å². The van der Waals surface area contributed by atoms with E-state index in [1.807, 2.05) is 4.90 Å². The van der Waals surface area contributed by atoms with Crippen LogP contribution in [0.3, 0.4) is 0 Å². The monoisotopic (exact) mass is 451 g/mol. The van der Waals surface area contributed by atoms with Gasteiger partial charge >= 0.3 is 0 Å². The molecule has 0 spiro atoms. The average Bonchev–Trinajstić information content (AvgIpc) is 3.65. The van der Waals surface area contributed by atoms with E-state index in [1.165, 1.54) is 36.9 Å². The number of morpholine rings is 1. The Kier molecular flexibility index (Phi) is 5.65. The summed E-state index contributed by atoms with van der Waals surface area (Å²) < 4.78 is 5.43. The Morgan fingerprint density at radius 2 is 1.88 bits per heavy atom. The zero-order valence-corrected chi connectivity index (χ0v) is 19.2. The van der Waals surface area contributed by atoms with E-state index in [9.17, 15) is 4.79 Å². The first-order chi connectivity index (χ1) is 16.3. The third-order valence-electron chi connectivity index (χ3n) is 7.68. The Morgan fingerprint density at radius 3 is 2.73 bits per heavy atom. The highest BCUT2D eigenvalue weighted by Gasteiger charge is 2.36. The van der Waals surface area contributed by atoms with Crippen molar-refractivity contribution in [2.45, 2.75) is 69.7 Å². The van der Waals surface area contributed by atoms with Crippen molar-refractivity contribution in [1.82, 2.24) is 25.1 Å². The number of aryl methyl sites for hydroxylation is 1. The van der Waals surface area contributed by atoms with Crippen LogP contribution in [0.1, 0.15) is 67.8 Å². The number of amides is 1. The van der Waals surface area contributed by atoms with E-state index >= 15 is 0 Å². The molecule has 9 heteroatoms. The van der Waals surface area contributed by atoms with Gasteiger partial charge in [-0.1, -0.05) is 12.8 Å². The molecule has 1 atom stereocenters. The molecule has 4 aliphatic rings. The van der Waals surface area contributed by atoms with Crippen LogP contribution in [0.5, 0.6) is 0 Å². The van der Waals surface area contributed by atoms with Gasteiger partial charge in [0.2, 0.25) is 11.9 Å². The smallest absolute Gasteiger partial charge is 0.245 e. The Balaban J connectivity index is 1.25. The van der Waals surface area contributed by atoms with Gasteiger partial charge in [0, 0.05) is 42.9 Å². The van der Waals surface area contributed by atoms with Crippen molar-refractivity contribution in [3.05, 3.63) is 23.0 Å². The summed E-state index contributed by atoms with van der Waals surface area (Å²) in [5.74, 6) is 3.12. The molecule has 2 N–H and O–H groups in total. The van der Waals surface area contributed by atoms with Crippen LogP contribution in [-0.4, -0.2) is 69.9 Å². The van der Waals surface area contributed by atoms with Crippen molar-refractivity contribution in [2.24, 2.45) is 0 Å². The number of hydrogen-bond acceptors (Lipinski definition) is 7. The van der Waals surface area contributed by atoms with E-state index < -0.39 is 0 Å². The molecule has 3 fully saturated rings. The van der Waals surface area contributed by atoms with Crippen LogP contribution in [0, 0.1) is 0 Å². The van der Waals surface area contributed by atoms with E-state index in [4.69, 9.17) is 14.7 Å². The van der Waals surface area contributed by atoms with Gasteiger partial charge in [-0.15, -0.1) is 0 Å². The maximum Gasteiger partial charge on any atom is 0.245 e. The molecule has 4 heterocycles. The number of fused-ring (bicyclic) bond motifs is 1. The molecular weight excluding hydrogens is 418 g/mol. The normalized spacial score (nSPS) is 23.3. The summed E-state index contributed by atoms with van der Waals surface area (Å²) in [5.41, 5.74) is 3.52. The van der Waals surface area contributed by atoms with Gasteiger partial charge in [-0.25, -0.2) is 4.98 Å². The molecule has 33 heavy (non-hydrogen) atoms. The number of aromatic nitrogens is 4. The molecule has 0 radical (unpaired) electrons. The van der Waals surface area contributed by atoms with Crippen LogP contribution in [-0.2, 0) is 22.4 Å². The van der Waals surface area contributed by atoms with Crippen molar-refractivity contribution >= 4 is 23.5 Å². The summed E-state index contributed by atoms with van der Waals surface area (Å²) in [6.07, 6.45) is 9.94. The minimum Gasteiger partial charge on any atom is -0.378 e. The van der Waals surface area contributed by atoms with Crippen LogP contribution in [0.4, 0.5) is 17.6 Å². The first-order valence-corrected chi connectivity index (χ1v) is 12.6. The van der Waals surface area contributed by atoms with Gasteiger partial charge in [0.25, 0.3) is 0 Å². The van der Waals surface area contributed by atoms with Gasteiger partial charge in [0.15, 0.2) is 5.82 Å². The van der Waals surface area contributed by atoms with E-state index in [0.29, 0.717) is 38.2 Å². The molecule has 0 unspecified atom stereocenters. The molecule has 1 amide bonds. The predicted octanol–water partition coefficient (Wildman–Crippen LogP) is 2.92. The quantitative estimate of drug-likeness (QED) is 0.721. The van der Waals surface area contributed by atoms with Gasteiger partial charge in [0.05, 0.1) is 18.9 Å². The minimum atomic E-state index is -0.185. The fourth-order valence-corrected chi connectivity index (χ4v) is 5.88. The van der Waals surface area contributed by atoms with E-state index in [-0.39, 0.29) is 11.9 Å². The van der Waals surface area contributed by atoms with E-state index in [2.05, 4.69) is 26.5 Å². The van der Waals surface area contributed by atoms with Crippen LogP contribution in [0.2, 0.25) is 0 Å². The number of aromatic amines is 1. The van der Waals surface area contributed by atoms with Crippen molar-refractivity contribution in [1.29, 1.82) is 0 Å². The second-order valence-electron chi connectivity index (χ2n) is 9.76.